The zero-order chi connectivity index (χ0) is 16.7. The number of amides is 2. The van der Waals surface area contributed by atoms with E-state index in [2.05, 4.69) is 17.6 Å². The first kappa shape index (κ1) is 17.9. The number of anilines is 1. The molecule has 0 aliphatic heterocycles. The molecule has 2 amide bonds. The molecule has 23 heavy (non-hydrogen) atoms. The van der Waals surface area contributed by atoms with E-state index in [4.69, 9.17) is 4.74 Å². The monoisotopic (exact) mass is 338 g/mol. The van der Waals surface area contributed by atoms with Crippen LogP contribution in [0.2, 0.25) is 0 Å². The molecule has 3 unspecified atom stereocenters. The van der Waals surface area contributed by atoms with Crippen LogP contribution in [0.5, 0.6) is 0 Å². The fraction of sp³-hybridized carbons (Fsp3) is 0.588. The van der Waals surface area contributed by atoms with Crippen molar-refractivity contribution < 1.29 is 13.7 Å². The minimum atomic E-state index is -0.954. The van der Waals surface area contributed by atoms with Gasteiger partial charge in [0.15, 0.2) is 0 Å². The van der Waals surface area contributed by atoms with Crippen LogP contribution in [0.15, 0.2) is 24.3 Å². The fourth-order valence-electron chi connectivity index (χ4n) is 2.87. The van der Waals surface area contributed by atoms with Crippen LogP contribution in [0.25, 0.3) is 0 Å². The molecular weight excluding hydrogens is 312 g/mol. The summed E-state index contributed by atoms with van der Waals surface area (Å²) >= 11 is 0. The molecular formula is C17H26N2O3S. The van der Waals surface area contributed by atoms with E-state index >= 15 is 0 Å². The Morgan fingerprint density at radius 2 is 2.22 bits per heavy atom. The topological polar surface area (TPSA) is 67.4 Å². The van der Waals surface area contributed by atoms with Crippen LogP contribution in [0.4, 0.5) is 10.5 Å². The maximum Gasteiger partial charge on any atom is 0.319 e. The highest BCUT2D eigenvalue weighted by molar-refractivity contribution is 7.84. The van der Waals surface area contributed by atoms with Gasteiger partial charge in [-0.05, 0) is 36.5 Å². The molecule has 1 aromatic rings. The predicted octanol–water partition coefficient (Wildman–Crippen LogP) is 2.89. The maximum atomic E-state index is 12.1. The highest BCUT2D eigenvalue weighted by Crippen LogP contribution is 2.24. The van der Waals surface area contributed by atoms with Crippen LogP contribution in [-0.2, 0) is 21.3 Å². The number of carbonyl (C=O) groups is 1. The molecule has 0 saturated heterocycles. The van der Waals surface area contributed by atoms with Crippen molar-refractivity contribution in [1.82, 2.24) is 5.32 Å². The lowest BCUT2D eigenvalue weighted by molar-refractivity contribution is 0.218. The SMILES string of the molecule is COCCS(=O)Cc1cccc(NC(=O)NC2CCCC2C)c1. The zero-order valence-electron chi connectivity index (χ0n) is 13.8. The minimum absolute atomic E-state index is 0.165. The van der Waals surface area contributed by atoms with Gasteiger partial charge in [-0.1, -0.05) is 25.5 Å². The molecule has 6 heteroatoms. The Morgan fingerprint density at radius 1 is 1.39 bits per heavy atom. The number of rotatable bonds is 7. The lowest BCUT2D eigenvalue weighted by Gasteiger charge is -2.18. The molecule has 0 heterocycles. The summed E-state index contributed by atoms with van der Waals surface area (Å²) in [6.45, 7) is 2.67. The van der Waals surface area contributed by atoms with Gasteiger partial charge in [-0.2, -0.15) is 0 Å². The summed E-state index contributed by atoms with van der Waals surface area (Å²) in [6.07, 6.45) is 3.40. The molecule has 1 aliphatic rings. The first-order valence-corrected chi connectivity index (χ1v) is 9.57. The lowest BCUT2D eigenvalue weighted by Crippen LogP contribution is -2.39. The van der Waals surface area contributed by atoms with E-state index in [1.807, 2.05) is 24.3 Å². The summed E-state index contributed by atoms with van der Waals surface area (Å²) < 4.78 is 16.8. The first-order valence-electron chi connectivity index (χ1n) is 8.09. The van der Waals surface area contributed by atoms with E-state index < -0.39 is 10.8 Å². The zero-order valence-corrected chi connectivity index (χ0v) is 14.7. The van der Waals surface area contributed by atoms with Crippen molar-refractivity contribution in [2.24, 2.45) is 5.92 Å². The van der Waals surface area contributed by atoms with Crippen LogP contribution in [0, 0.1) is 5.92 Å². The summed E-state index contributed by atoms with van der Waals surface area (Å²) in [5, 5.41) is 5.91. The Labute approximate surface area is 140 Å². The van der Waals surface area contributed by atoms with Crippen molar-refractivity contribution in [2.75, 3.05) is 24.8 Å². The number of methoxy groups -OCH3 is 1. The summed E-state index contributed by atoms with van der Waals surface area (Å²) in [7, 11) is 0.649. The number of ether oxygens (including phenoxy) is 1. The fourth-order valence-corrected chi connectivity index (χ4v) is 3.92. The van der Waals surface area contributed by atoms with Gasteiger partial charge in [0.2, 0.25) is 0 Å². The average molecular weight is 338 g/mol. The van der Waals surface area contributed by atoms with Crippen molar-refractivity contribution in [3.05, 3.63) is 29.8 Å². The molecule has 5 nitrogen and oxygen atoms in total. The largest absolute Gasteiger partial charge is 0.384 e. The molecule has 0 bridgehead atoms. The normalized spacial score (nSPS) is 21.8. The second kappa shape index (κ2) is 9.03. The van der Waals surface area contributed by atoms with Crippen LogP contribution >= 0.6 is 0 Å². The van der Waals surface area contributed by atoms with Crippen molar-refractivity contribution in [3.63, 3.8) is 0 Å². The molecule has 1 fully saturated rings. The molecule has 1 aromatic carbocycles. The Balaban J connectivity index is 1.86. The van der Waals surface area contributed by atoms with Gasteiger partial charge in [-0.25, -0.2) is 4.79 Å². The van der Waals surface area contributed by atoms with Gasteiger partial charge in [0.1, 0.15) is 0 Å². The molecule has 1 saturated carbocycles. The average Bonchev–Trinajstić information content (AvgIpc) is 2.90. The van der Waals surface area contributed by atoms with Crippen LogP contribution < -0.4 is 10.6 Å². The smallest absolute Gasteiger partial charge is 0.319 e. The quantitative estimate of drug-likeness (QED) is 0.803. The Hall–Kier alpha value is -1.40. The van der Waals surface area contributed by atoms with Crippen molar-refractivity contribution in [1.29, 1.82) is 0 Å². The second-order valence-corrected chi connectivity index (χ2v) is 7.67. The van der Waals surface area contributed by atoms with Crippen LogP contribution in [0.3, 0.4) is 0 Å². The van der Waals surface area contributed by atoms with Gasteiger partial charge in [0, 0.05) is 41.1 Å². The van der Waals surface area contributed by atoms with Crippen molar-refractivity contribution >= 4 is 22.5 Å². The number of benzene rings is 1. The standard InChI is InChI=1S/C17H26N2O3S/c1-13-5-3-8-16(13)19-17(20)18-15-7-4-6-14(11-15)12-23(21)10-9-22-2/h4,6-7,11,13,16H,3,5,8-10,12H2,1-2H3,(H2,18,19,20). The second-order valence-electron chi connectivity index (χ2n) is 6.09. The Bertz CT molecular complexity index is 550. The third-order valence-corrected chi connectivity index (χ3v) is 5.48. The molecule has 0 radical (unpaired) electrons. The number of nitrogens with one attached hydrogen (secondary N) is 2. The van der Waals surface area contributed by atoms with E-state index in [9.17, 15) is 9.00 Å². The minimum Gasteiger partial charge on any atom is -0.384 e. The van der Waals surface area contributed by atoms with Crippen LogP contribution in [-0.4, -0.2) is 35.8 Å². The van der Waals surface area contributed by atoms with Gasteiger partial charge < -0.3 is 15.4 Å². The highest BCUT2D eigenvalue weighted by Gasteiger charge is 2.24. The third-order valence-electron chi connectivity index (χ3n) is 4.21. The van der Waals surface area contributed by atoms with Gasteiger partial charge in [0.25, 0.3) is 0 Å². The van der Waals surface area contributed by atoms with Crippen molar-refractivity contribution in [3.8, 4) is 0 Å². The summed E-state index contributed by atoms with van der Waals surface area (Å²) in [6, 6.07) is 7.62. The third kappa shape index (κ3) is 5.95. The molecule has 128 valence electrons. The van der Waals surface area contributed by atoms with Gasteiger partial charge >= 0.3 is 6.03 Å². The van der Waals surface area contributed by atoms with Gasteiger partial charge in [-0.15, -0.1) is 0 Å². The molecule has 0 spiro atoms. The van der Waals surface area contributed by atoms with E-state index in [0.717, 1.165) is 17.7 Å². The van der Waals surface area contributed by atoms with E-state index in [-0.39, 0.29) is 12.1 Å². The van der Waals surface area contributed by atoms with E-state index in [1.165, 1.54) is 12.8 Å². The van der Waals surface area contributed by atoms with E-state index in [1.54, 1.807) is 7.11 Å². The predicted molar refractivity (Wildman–Crippen MR) is 94.0 cm³/mol. The van der Waals surface area contributed by atoms with Crippen molar-refractivity contribution in [2.45, 2.75) is 38.0 Å². The van der Waals surface area contributed by atoms with E-state index in [0.29, 0.717) is 24.0 Å². The Morgan fingerprint density at radius 3 is 2.91 bits per heavy atom. The Kier molecular flexibility index (Phi) is 7.05. The molecule has 2 rings (SSSR count). The summed E-state index contributed by atoms with van der Waals surface area (Å²) in [4.78, 5) is 12.1. The lowest BCUT2D eigenvalue weighted by atomic mass is 10.1. The number of carbonyl (C=O) groups excluding carboxylic acids is 1. The number of hydrogen-bond donors (Lipinski definition) is 2. The van der Waals surface area contributed by atoms with Crippen LogP contribution in [0.1, 0.15) is 31.7 Å². The summed E-state index contributed by atoms with van der Waals surface area (Å²) in [5.74, 6) is 1.53. The molecule has 1 aliphatic carbocycles. The highest BCUT2D eigenvalue weighted by atomic mass is 32.2. The van der Waals surface area contributed by atoms with Gasteiger partial charge in [-0.3, -0.25) is 4.21 Å². The van der Waals surface area contributed by atoms with Gasteiger partial charge in [0.05, 0.1) is 6.61 Å². The molecule has 2 N–H and O–H groups in total. The number of hydrogen-bond acceptors (Lipinski definition) is 3. The first-order chi connectivity index (χ1) is 11.1. The molecule has 0 aromatic heterocycles. The molecule has 3 atom stereocenters. The maximum absolute atomic E-state index is 12.1. The summed E-state index contributed by atoms with van der Waals surface area (Å²) in [5.41, 5.74) is 1.68. The number of urea groups is 1.